The molecule has 1 aromatic carbocycles. The lowest BCUT2D eigenvalue weighted by Crippen LogP contribution is -2.50. The van der Waals surface area contributed by atoms with Gasteiger partial charge in [0.1, 0.15) is 23.7 Å². The molecule has 1 saturated heterocycles. The average Bonchev–Trinajstić information content (AvgIpc) is 3.61. The number of likely N-dealkylation sites (tertiary alicyclic amines) is 1. The summed E-state index contributed by atoms with van der Waals surface area (Å²) in [6, 6.07) is 2.63. The Morgan fingerprint density at radius 3 is 2.68 bits per heavy atom. The third-order valence-corrected chi connectivity index (χ3v) is 9.43. The Bertz CT molecular complexity index is 1370. The summed E-state index contributed by atoms with van der Waals surface area (Å²) in [5, 5.41) is 18.0. The topological polar surface area (TPSA) is 118 Å². The van der Waals surface area contributed by atoms with Crippen molar-refractivity contribution in [3.8, 4) is 5.75 Å². The molecule has 0 spiro atoms. The number of amides is 2. The predicted molar refractivity (Wildman–Crippen MR) is 143 cm³/mol. The highest BCUT2D eigenvalue weighted by molar-refractivity contribution is 6.31. The monoisotopic (exact) mass is 593 g/mol. The first-order chi connectivity index (χ1) is 19.4. The van der Waals surface area contributed by atoms with Crippen molar-refractivity contribution in [1.82, 2.24) is 24.8 Å². The van der Waals surface area contributed by atoms with Gasteiger partial charge in [-0.2, -0.15) is 0 Å². The van der Waals surface area contributed by atoms with E-state index in [1.165, 1.54) is 7.05 Å². The number of aromatic nitrogens is 3. The number of aryl methyl sites for hydroxylation is 1. The highest BCUT2D eigenvalue weighted by atomic mass is 35.5. The van der Waals surface area contributed by atoms with Gasteiger partial charge in [-0.1, -0.05) is 30.2 Å². The number of carboxylic acids is 1. The van der Waals surface area contributed by atoms with Crippen LogP contribution in [-0.4, -0.2) is 67.3 Å². The van der Waals surface area contributed by atoms with Crippen LogP contribution in [0.1, 0.15) is 74.5 Å². The second-order valence-electron chi connectivity index (χ2n) is 11.5. The van der Waals surface area contributed by atoms with Crippen LogP contribution in [0.3, 0.4) is 0 Å². The number of fused-ring (bicyclic) bond motifs is 1. The van der Waals surface area contributed by atoms with Gasteiger partial charge in [-0.25, -0.2) is 13.5 Å². The van der Waals surface area contributed by atoms with Crippen molar-refractivity contribution >= 4 is 29.4 Å². The second-order valence-corrected chi connectivity index (χ2v) is 11.9. The molecule has 4 atom stereocenters. The van der Waals surface area contributed by atoms with E-state index in [-0.39, 0.29) is 42.3 Å². The van der Waals surface area contributed by atoms with Crippen molar-refractivity contribution in [3.63, 3.8) is 0 Å². The summed E-state index contributed by atoms with van der Waals surface area (Å²) in [5.41, 5.74) is -0.212. The van der Waals surface area contributed by atoms with Gasteiger partial charge in [0.2, 0.25) is 11.8 Å². The Labute approximate surface area is 241 Å². The van der Waals surface area contributed by atoms with E-state index in [2.05, 4.69) is 10.3 Å². The van der Waals surface area contributed by atoms with Crippen molar-refractivity contribution in [2.45, 2.75) is 65.0 Å². The molecule has 0 radical (unpaired) electrons. The summed E-state index contributed by atoms with van der Waals surface area (Å²) in [7, 11) is 1.38. The fraction of sp³-hybridized carbons (Fsp3) is 0.607. The predicted octanol–water partition coefficient (Wildman–Crippen LogP) is 4.17. The molecule has 10 nitrogen and oxygen atoms in total. The molecule has 0 bridgehead atoms. The van der Waals surface area contributed by atoms with Crippen LogP contribution >= 0.6 is 11.6 Å². The maximum Gasteiger partial charge on any atom is 0.310 e. The molecule has 1 aromatic heterocycles. The van der Waals surface area contributed by atoms with Crippen LogP contribution in [0.4, 0.5) is 8.78 Å². The lowest BCUT2D eigenvalue weighted by molar-refractivity contribution is -0.158. The number of carbonyl (C=O) groups is 3. The number of rotatable bonds is 8. The summed E-state index contributed by atoms with van der Waals surface area (Å²) in [6.45, 7) is 4.20. The SMILES string of the molecule is C[C@@H]1CCN(C[C@@H]2c3c(OCc4nnn(C)c4C(F)F)ccc(Cl)c3CCN2C(=O)[C@@H]2CCC[C@]2(C)C(=O)O)C1=O. The fourth-order valence-electron chi connectivity index (χ4n) is 6.59. The summed E-state index contributed by atoms with van der Waals surface area (Å²) in [5.74, 6) is -1.82. The van der Waals surface area contributed by atoms with E-state index in [1.807, 2.05) is 6.92 Å². The highest BCUT2D eigenvalue weighted by Crippen LogP contribution is 2.47. The van der Waals surface area contributed by atoms with Gasteiger partial charge in [-0.3, -0.25) is 14.4 Å². The van der Waals surface area contributed by atoms with Gasteiger partial charge in [0.25, 0.3) is 6.43 Å². The molecule has 1 aliphatic carbocycles. The molecule has 2 amide bonds. The maximum atomic E-state index is 14.1. The third kappa shape index (κ3) is 5.15. The van der Waals surface area contributed by atoms with Crippen molar-refractivity contribution < 1.29 is 33.0 Å². The van der Waals surface area contributed by atoms with Crippen molar-refractivity contribution in [2.24, 2.45) is 24.3 Å². The van der Waals surface area contributed by atoms with Gasteiger partial charge in [-0.05, 0) is 50.3 Å². The van der Waals surface area contributed by atoms with E-state index < -0.39 is 29.8 Å². The Hall–Kier alpha value is -3.28. The first-order valence-corrected chi connectivity index (χ1v) is 14.2. The number of carbonyl (C=O) groups excluding carboxylic acids is 2. The fourth-order valence-corrected chi connectivity index (χ4v) is 6.85. The number of alkyl halides is 2. The summed E-state index contributed by atoms with van der Waals surface area (Å²) in [4.78, 5) is 42.7. The summed E-state index contributed by atoms with van der Waals surface area (Å²) < 4.78 is 34.4. The van der Waals surface area contributed by atoms with Crippen molar-refractivity contribution in [2.75, 3.05) is 19.6 Å². The summed E-state index contributed by atoms with van der Waals surface area (Å²) in [6.07, 6.45) is -0.233. The zero-order valence-electron chi connectivity index (χ0n) is 23.3. The lowest BCUT2D eigenvalue weighted by atomic mass is 9.78. The molecule has 5 rings (SSSR count). The van der Waals surface area contributed by atoms with E-state index in [9.17, 15) is 28.3 Å². The maximum absolute atomic E-state index is 14.1. The second kappa shape index (κ2) is 11.2. The highest BCUT2D eigenvalue weighted by Gasteiger charge is 2.51. The zero-order valence-corrected chi connectivity index (χ0v) is 24.0. The number of hydrogen-bond acceptors (Lipinski definition) is 6. The largest absolute Gasteiger partial charge is 0.487 e. The molecule has 41 heavy (non-hydrogen) atoms. The van der Waals surface area contributed by atoms with Crippen LogP contribution in [0.25, 0.3) is 0 Å². The smallest absolute Gasteiger partial charge is 0.310 e. The standard InChI is InChI=1S/C28H34ClF2N5O5/c1-15-8-11-35(25(15)37)13-20-22-16(9-12-36(20)26(38)17-5-4-10-28(17,2)27(39)40)18(29)6-7-21(22)41-14-19-23(24(30)31)34(3)33-32-19/h6-7,15,17,20,24H,4-5,8-14H2,1-3H3,(H,39,40)/t15-,17+,20-,28+/m1/s1. The van der Waals surface area contributed by atoms with E-state index in [0.717, 1.165) is 10.2 Å². The van der Waals surface area contributed by atoms with Gasteiger partial charge in [0.05, 0.1) is 17.4 Å². The van der Waals surface area contributed by atoms with E-state index >= 15 is 0 Å². The van der Waals surface area contributed by atoms with Crippen LogP contribution in [0.15, 0.2) is 12.1 Å². The Morgan fingerprint density at radius 2 is 2.02 bits per heavy atom. The van der Waals surface area contributed by atoms with Crippen LogP contribution in [0, 0.1) is 17.3 Å². The van der Waals surface area contributed by atoms with Crippen LogP contribution in [-0.2, 0) is 34.5 Å². The molecule has 0 unspecified atom stereocenters. The minimum absolute atomic E-state index is 0.0155. The average molecular weight is 594 g/mol. The van der Waals surface area contributed by atoms with Gasteiger partial charge >= 0.3 is 5.97 Å². The molecule has 1 N–H and O–H groups in total. The van der Waals surface area contributed by atoms with Gasteiger partial charge < -0.3 is 19.6 Å². The number of hydrogen-bond donors (Lipinski definition) is 1. The lowest BCUT2D eigenvalue weighted by Gasteiger charge is -2.42. The third-order valence-electron chi connectivity index (χ3n) is 9.07. The Kier molecular flexibility index (Phi) is 7.97. The van der Waals surface area contributed by atoms with E-state index in [1.54, 1.807) is 28.9 Å². The molecule has 2 aliphatic heterocycles. The van der Waals surface area contributed by atoms with Gasteiger partial charge in [-0.15, -0.1) is 5.10 Å². The Balaban J connectivity index is 1.54. The van der Waals surface area contributed by atoms with E-state index in [4.69, 9.17) is 16.3 Å². The van der Waals surface area contributed by atoms with Crippen LogP contribution < -0.4 is 4.74 Å². The number of halogens is 3. The Morgan fingerprint density at radius 1 is 1.27 bits per heavy atom. The van der Waals surface area contributed by atoms with Gasteiger partial charge in [0.15, 0.2) is 0 Å². The minimum atomic E-state index is -2.80. The number of ether oxygens (including phenoxy) is 1. The van der Waals surface area contributed by atoms with Crippen LogP contribution in [0.2, 0.25) is 5.02 Å². The van der Waals surface area contributed by atoms with E-state index in [0.29, 0.717) is 61.5 Å². The zero-order chi connectivity index (χ0) is 29.6. The number of benzene rings is 1. The summed E-state index contributed by atoms with van der Waals surface area (Å²) >= 11 is 6.63. The molecule has 13 heteroatoms. The first-order valence-electron chi connectivity index (χ1n) is 13.9. The van der Waals surface area contributed by atoms with Gasteiger partial charge in [0, 0.05) is 43.2 Å². The number of nitrogens with zero attached hydrogens (tertiary/aromatic N) is 5. The minimum Gasteiger partial charge on any atom is -0.487 e. The van der Waals surface area contributed by atoms with Crippen molar-refractivity contribution in [3.05, 3.63) is 39.7 Å². The molecule has 3 heterocycles. The quantitative estimate of drug-likeness (QED) is 0.488. The van der Waals surface area contributed by atoms with Crippen LogP contribution in [0.5, 0.6) is 5.75 Å². The normalized spacial score (nSPS) is 26.1. The molecule has 2 aromatic rings. The molecular formula is C28H34ClF2N5O5. The molecule has 3 aliphatic rings. The number of carboxylic acid groups (broad SMARTS) is 1. The molecule has 222 valence electrons. The number of aliphatic carboxylic acids is 1. The molecular weight excluding hydrogens is 560 g/mol. The first kappa shape index (κ1) is 29.2. The van der Waals surface area contributed by atoms with Crippen molar-refractivity contribution in [1.29, 1.82) is 0 Å². The molecule has 2 fully saturated rings. The molecule has 1 saturated carbocycles.